The summed E-state index contributed by atoms with van der Waals surface area (Å²) >= 11 is 0. The van der Waals surface area contributed by atoms with Crippen molar-refractivity contribution < 1.29 is 14.3 Å². The molecule has 2 aromatic heterocycles. The van der Waals surface area contributed by atoms with Crippen LogP contribution in [0, 0.1) is 0 Å². The second-order valence-electron chi connectivity index (χ2n) is 5.48. The number of nitrogens with one attached hydrogen (secondary N) is 1. The second-order valence-corrected chi connectivity index (χ2v) is 5.48. The molecule has 1 aromatic carbocycles. The Hall–Kier alpha value is -3.35. The molecule has 1 N–H and O–H groups in total. The minimum Gasteiger partial charge on any atom is -0.497 e. The maximum Gasteiger partial charge on any atom is 0.255 e. The highest BCUT2D eigenvalue weighted by atomic mass is 16.5. The van der Waals surface area contributed by atoms with Gasteiger partial charge in [-0.25, -0.2) is 4.98 Å². The molecule has 0 aliphatic carbocycles. The monoisotopic (exact) mass is 352 g/mol. The van der Waals surface area contributed by atoms with Crippen molar-refractivity contribution in [2.45, 2.75) is 6.54 Å². The number of rotatable bonds is 7. The highest BCUT2D eigenvalue weighted by molar-refractivity contribution is 5.97. The quantitative estimate of drug-likeness (QED) is 0.706. The molecule has 134 valence electrons. The number of imidazole rings is 1. The van der Waals surface area contributed by atoms with Crippen molar-refractivity contribution in [2.75, 3.05) is 20.8 Å². The van der Waals surface area contributed by atoms with E-state index in [0.29, 0.717) is 30.2 Å². The Labute approximate surface area is 151 Å². The SMILES string of the molecule is COc1ccc(C(=O)NCCn2ccnc2-c2ccccn2)c(OC)c1. The molecule has 7 nitrogen and oxygen atoms in total. The van der Waals surface area contributed by atoms with Gasteiger partial charge in [0, 0.05) is 37.7 Å². The minimum absolute atomic E-state index is 0.205. The van der Waals surface area contributed by atoms with E-state index in [0.717, 1.165) is 11.5 Å². The van der Waals surface area contributed by atoms with Crippen LogP contribution in [0.1, 0.15) is 10.4 Å². The lowest BCUT2D eigenvalue weighted by Gasteiger charge is -2.12. The Balaban J connectivity index is 1.64. The topological polar surface area (TPSA) is 78.3 Å². The molecule has 0 fully saturated rings. The second kappa shape index (κ2) is 8.15. The van der Waals surface area contributed by atoms with Crippen molar-refractivity contribution in [1.29, 1.82) is 0 Å². The lowest BCUT2D eigenvalue weighted by Crippen LogP contribution is -2.27. The number of amides is 1. The maximum atomic E-state index is 12.4. The number of aromatic nitrogens is 3. The van der Waals surface area contributed by atoms with E-state index in [1.54, 1.807) is 37.7 Å². The number of hydrogen-bond donors (Lipinski definition) is 1. The molecule has 0 atom stereocenters. The first kappa shape index (κ1) is 17.5. The van der Waals surface area contributed by atoms with Crippen LogP contribution in [0.15, 0.2) is 55.0 Å². The van der Waals surface area contributed by atoms with Gasteiger partial charge in [0.15, 0.2) is 5.82 Å². The number of carbonyl (C=O) groups excluding carboxylic acids is 1. The number of methoxy groups -OCH3 is 2. The van der Waals surface area contributed by atoms with Crippen LogP contribution in [0.3, 0.4) is 0 Å². The van der Waals surface area contributed by atoms with Crippen molar-refractivity contribution in [3.63, 3.8) is 0 Å². The number of ether oxygens (including phenoxy) is 2. The first-order chi connectivity index (χ1) is 12.7. The summed E-state index contributed by atoms with van der Waals surface area (Å²) < 4.78 is 12.4. The van der Waals surface area contributed by atoms with Crippen molar-refractivity contribution >= 4 is 5.91 Å². The van der Waals surface area contributed by atoms with Gasteiger partial charge in [0.1, 0.15) is 17.2 Å². The highest BCUT2D eigenvalue weighted by Gasteiger charge is 2.13. The van der Waals surface area contributed by atoms with E-state index in [-0.39, 0.29) is 5.91 Å². The fourth-order valence-electron chi connectivity index (χ4n) is 2.59. The molecule has 0 saturated carbocycles. The van der Waals surface area contributed by atoms with Crippen molar-refractivity contribution in [3.05, 3.63) is 60.6 Å². The average Bonchev–Trinajstić information content (AvgIpc) is 3.16. The smallest absolute Gasteiger partial charge is 0.255 e. The molecule has 3 aromatic rings. The molecule has 0 radical (unpaired) electrons. The van der Waals surface area contributed by atoms with E-state index in [1.165, 1.54) is 7.11 Å². The first-order valence-electron chi connectivity index (χ1n) is 8.15. The molecule has 0 unspecified atom stereocenters. The van der Waals surface area contributed by atoms with Gasteiger partial charge in [-0.1, -0.05) is 6.07 Å². The normalized spacial score (nSPS) is 10.4. The lowest BCUT2D eigenvalue weighted by molar-refractivity contribution is 0.0949. The van der Waals surface area contributed by atoms with Gasteiger partial charge in [0.2, 0.25) is 0 Å². The van der Waals surface area contributed by atoms with E-state index in [2.05, 4.69) is 15.3 Å². The average molecular weight is 352 g/mol. The van der Waals surface area contributed by atoms with Crippen LogP contribution in [-0.4, -0.2) is 41.2 Å². The molecule has 7 heteroatoms. The molecule has 1 amide bonds. The molecule has 26 heavy (non-hydrogen) atoms. The zero-order valence-corrected chi connectivity index (χ0v) is 14.7. The molecular weight excluding hydrogens is 332 g/mol. The summed E-state index contributed by atoms with van der Waals surface area (Å²) in [5.41, 5.74) is 1.25. The minimum atomic E-state index is -0.205. The number of pyridine rings is 1. The van der Waals surface area contributed by atoms with E-state index >= 15 is 0 Å². The molecule has 0 saturated heterocycles. The van der Waals surface area contributed by atoms with Gasteiger partial charge >= 0.3 is 0 Å². The van der Waals surface area contributed by atoms with E-state index in [9.17, 15) is 4.79 Å². The van der Waals surface area contributed by atoms with Gasteiger partial charge in [-0.3, -0.25) is 9.78 Å². The van der Waals surface area contributed by atoms with Gasteiger partial charge in [-0.2, -0.15) is 0 Å². The lowest BCUT2D eigenvalue weighted by atomic mass is 10.1. The van der Waals surface area contributed by atoms with Crippen LogP contribution in [0.2, 0.25) is 0 Å². The zero-order valence-electron chi connectivity index (χ0n) is 14.7. The van der Waals surface area contributed by atoms with Gasteiger partial charge in [0.25, 0.3) is 5.91 Å². The van der Waals surface area contributed by atoms with Crippen LogP contribution in [-0.2, 0) is 6.54 Å². The first-order valence-corrected chi connectivity index (χ1v) is 8.15. The predicted molar refractivity (Wildman–Crippen MR) is 97.3 cm³/mol. The van der Waals surface area contributed by atoms with Crippen LogP contribution in [0.4, 0.5) is 0 Å². The largest absolute Gasteiger partial charge is 0.497 e. The number of nitrogens with zero attached hydrogens (tertiary/aromatic N) is 3. The Morgan fingerprint density at radius 1 is 1.12 bits per heavy atom. The Morgan fingerprint density at radius 3 is 2.73 bits per heavy atom. The van der Waals surface area contributed by atoms with Crippen molar-refractivity contribution in [3.8, 4) is 23.0 Å². The number of carbonyl (C=O) groups is 1. The molecule has 0 aliphatic heterocycles. The Bertz CT molecular complexity index is 878. The van der Waals surface area contributed by atoms with Gasteiger partial charge in [0.05, 0.1) is 19.8 Å². The summed E-state index contributed by atoms with van der Waals surface area (Å²) in [7, 11) is 3.09. The van der Waals surface area contributed by atoms with Gasteiger partial charge < -0.3 is 19.4 Å². The fraction of sp³-hybridized carbons (Fsp3) is 0.211. The van der Waals surface area contributed by atoms with Crippen LogP contribution < -0.4 is 14.8 Å². The summed E-state index contributed by atoms with van der Waals surface area (Å²) in [4.78, 5) is 21.1. The molecule has 0 bridgehead atoms. The van der Waals surface area contributed by atoms with E-state index in [1.807, 2.05) is 29.0 Å². The molecule has 0 aliphatic rings. The number of benzene rings is 1. The summed E-state index contributed by atoms with van der Waals surface area (Å²) in [6.45, 7) is 1.03. The predicted octanol–water partition coefficient (Wildman–Crippen LogP) is 2.39. The van der Waals surface area contributed by atoms with E-state index in [4.69, 9.17) is 9.47 Å². The van der Waals surface area contributed by atoms with Crippen molar-refractivity contribution in [1.82, 2.24) is 19.9 Å². The summed E-state index contributed by atoms with van der Waals surface area (Å²) in [5, 5.41) is 2.90. The Morgan fingerprint density at radius 2 is 2.00 bits per heavy atom. The zero-order chi connectivity index (χ0) is 18.4. The summed E-state index contributed by atoms with van der Waals surface area (Å²) in [6.07, 6.45) is 5.31. The third kappa shape index (κ3) is 3.83. The summed E-state index contributed by atoms with van der Waals surface area (Å²) in [5.74, 6) is 1.67. The van der Waals surface area contributed by atoms with Gasteiger partial charge in [-0.05, 0) is 24.3 Å². The maximum absolute atomic E-state index is 12.4. The number of hydrogen-bond acceptors (Lipinski definition) is 5. The molecule has 0 spiro atoms. The fourth-order valence-corrected chi connectivity index (χ4v) is 2.59. The molecule has 2 heterocycles. The molecular formula is C19H20N4O3. The van der Waals surface area contributed by atoms with E-state index < -0.39 is 0 Å². The third-order valence-electron chi connectivity index (χ3n) is 3.90. The van der Waals surface area contributed by atoms with Gasteiger partial charge in [-0.15, -0.1) is 0 Å². The third-order valence-corrected chi connectivity index (χ3v) is 3.90. The van der Waals surface area contributed by atoms with Crippen molar-refractivity contribution in [2.24, 2.45) is 0 Å². The Kier molecular flexibility index (Phi) is 5.48. The van der Waals surface area contributed by atoms with Crippen LogP contribution in [0.5, 0.6) is 11.5 Å². The van der Waals surface area contributed by atoms with Crippen LogP contribution >= 0.6 is 0 Å². The standard InChI is InChI=1S/C19H20N4O3/c1-25-14-6-7-15(17(13-14)26-2)19(24)22-10-12-23-11-9-21-18(23)16-5-3-4-8-20-16/h3-9,11,13H,10,12H2,1-2H3,(H,22,24). The summed E-state index contributed by atoms with van der Waals surface area (Å²) in [6, 6.07) is 10.8. The molecule has 3 rings (SSSR count). The highest BCUT2D eigenvalue weighted by Crippen LogP contribution is 2.24. The van der Waals surface area contributed by atoms with Crippen LogP contribution in [0.25, 0.3) is 11.5 Å².